The minimum Gasteiger partial charge on any atom is -0.392 e. The Balaban J connectivity index is 1.77. The molecular weight excluding hydrogens is 326 g/mol. The van der Waals surface area contributed by atoms with Crippen LogP contribution in [0.2, 0.25) is 0 Å². The number of aliphatic hydroxyl groups excluding tert-OH is 1. The summed E-state index contributed by atoms with van der Waals surface area (Å²) < 4.78 is 1.06. The number of hydrogen-bond acceptors (Lipinski definition) is 2. The van der Waals surface area contributed by atoms with E-state index in [1.807, 2.05) is 54.7 Å². The van der Waals surface area contributed by atoms with Crippen molar-refractivity contribution < 1.29 is 5.11 Å². The fourth-order valence-corrected chi connectivity index (χ4v) is 2.82. The molecule has 1 N–H and O–H groups in total. The highest BCUT2D eigenvalue weighted by atomic mass is 79.9. The van der Waals surface area contributed by atoms with Gasteiger partial charge in [0.2, 0.25) is 0 Å². The van der Waals surface area contributed by atoms with Gasteiger partial charge in [-0.25, -0.2) is 0 Å². The summed E-state index contributed by atoms with van der Waals surface area (Å²) in [6.07, 6.45) is 2.71. The molecule has 3 heteroatoms. The van der Waals surface area contributed by atoms with Gasteiger partial charge < -0.3 is 5.11 Å². The number of aliphatic hydroxyl groups is 1. The van der Waals surface area contributed by atoms with Gasteiger partial charge in [0.05, 0.1) is 11.6 Å². The van der Waals surface area contributed by atoms with Gasteiger partial charge in [-0.15, -0.1) is 0 Å². The maximum atomic E-state index is 10.4. The first-order chi connectivity index (χ1) is 10.2. The van der Waals surface area contributed by atoms with Crippen LogP contribution in [0.25, 0.3) is 10.9 Å². The van der Waals surface area contributed by atoms with E-state index in [4.69, 9.17) is 0 Å². The summed E-state index contributed by atoms with van der Waals surface area (Å²) in [6, 6.07) is 18.1. The highest BCUT2D eigenvalue weighted by Crippen LogP contribution is 2.19. The summed E-state index contributed by atoms with van der Waals surface area (Å²) >= 11 is 3.42. The molecule has 1 atom stereocenters. The predicted octanol–water partition coefficient (Wildman–Crippen LogP) is 4.14. The third-order valence-electron chi connectivity index (χ3n) is 3.58. The third kappa shape index (κ3) is 3.49. The summed E-state index contributed by atoms with van der Waals surface area (Å²) in [4.78, 5) is 4.36. The molecule has 106 valence electrons. The normalized spacial score (nSPS) is 12.5. The maximum absolute atomic E-state index is 10.4. The standard InChI is InChI=1S/C18H16BrNO/c19-15-7-5-13(6-8-15)11-16(21)12-14-9-10-20-18-4-2-1-3-17(14)18/h1-10,16,21H,11-12H2. The molecule has 21 heavy (non-hydrogen) atoms. The minimum absolute atomic E-state index is 0.392. The molecule has 0 fully saturated rings. The van der Waals surface area contributed by atoms with E-state index in [0.717, 1.165) is 26.5 Å². The quantitative estimate of drug-likeness (QED) is 0.773. The molecule has 3 aromatic rings. The molecule has 0 radical (unpaired) electrons. The van der Waals surface area contributed by atoms with E-state index < -0.39 is 6.10 Å². The van der Waals surface area contributed by atoms with Gasteiger partial charge in [0.1, 0.15) is 0 Å². The third-order valence-corrected chi connectivity index (χ3v) is 4.11. The second-order valence-electron chi connectivity index (χ2n) is 5.18. The van der Waals surface area contributed by atoms with Crippen molar-refractivity contribution in [3.8, 4) is 0 Å². The van der Waals surface area contributed by atoms with Gasteiger partial charge in [-0.2, -0.15) is 0 Å². The molecule has 0 aliphatic rings. The molecule has 0 aliphatic carbocycles. The molecule has 1 heterocycles. The van der Waals surface area contributed by atoms with E-state index >= 15 is 0 Å². The highest BCUT2D eigenvalue weighted by Gasteiger charge is 2.09. The molecule has 0 saturated heterocycles. The SMILES string of the molecule is OC(Cc1ccc(Br)cc1)Cc1ccnc2ccccc12. The van der Waals surface area contributed by atoms with Gasteiger partial charge in [0.15, 0.2) is 0 Å². The van der Waals surface area contributed by atoms with Crippen molar-refractivity contribution in [2.24, 2.45) is 0 Å². The molecule has 0 bridgehead atoms. The van der Waals surface area contributed by atoms with Crippen LogP contribution in [0.1, 0.15) is 11.1 Å². The van der Waals surface area contributed by atoms with Crippen LogP contribution in [0.4, 0.5) is 0 Å². The van der Waals surface area contributed by atoms with Crippen LogP contribution in [0.3, 0.4) is 0 Å². The van der Waals surface area contributed by atoms with Crippen molar-refractivity contribution in [2.75, 3.05) is 0 Å². The van der Waals surface area contributed by atoms with E-state index in [9.17, 15) is 5.11 Å². The summed E-state index contributed by atoms with van der Waals surface area (Å²) in [5.41, 5.74) is 3.26. The highest BCUT2D eigenvalue weighted by molar-refractivity contribution is 9.10. The van der Waals surface area contributed by atoms with Crippen molar-refractivity contribution in [1.29, 1.82) is 0 Å². The van der Waals surface area contributed by atoms with Crippen molar-refractivity contribution in [3.05, 3.63) is 76.4 Å². The van der Waals surface area contributed by atoms with Crippen LogP contribution in [0, 0.1) is 0 Å². The van der Waals surface area contributed by atoms with Gasteiger partial charge in [0, 0.05) is 16.1 Å². The molecule has 0 amide bonds. The zero-order chi connectivity index (χ0) is 14.7. The lowest BCUT2D eigenvalue weighted by Crippen LogP contribution is -2.14. The van der Waals surface area contributed by atoms with E-state index in [0.29, 0.717) is 12.8 Å². The second-order valence-corrected chi connectivity index (χ2v) is 6.09. The number of fused-ring (bicyclic) bond motifs is 1. The maximum Gasteiger partial charge on any atom is 0.0704 e. The number of para-hydroxylation sites is 1. The summed E-state index contributed by atoms with van der Waals surface area (Å²) in [6.45, 7) is 0. The summed E-state index contributed by atoms with van der Waals surface area (Å²) in [5.74, 6) is 0. The van der Waals surface area contributed by atoms with Crippen molar-refractivity contribution in [1.82, 2.24) is 4.98 Å². The van der Waals surface area contributed by atoms with E-state index in [1.165, 1.54) is 0 Å². The van der Waals surface area contributed by atoms with Crippen LogP contribution in [-0.4, -0.2) is 16.2 Å². The van der Waals surface area contributed by atoms with Crippen LogP contribution in [0.5, 0.6) is 0 Å². The van der Waals surface area contributed by atoms with Gasteiger partial charge in [-0.3, -0.25) is 4.98 Å². The van der Waals surface area contributed by atoms with Crippen LogP contribution < -0.4 is 0 Å². The van der Waals surface area contributed by atoms with Gasteiger partial charge >= 0.3 is 0 Å². The monoisotopic (exact) mass is 341 g/mol. The smallest absolute Gasteiger partial charge is 0.0704 e. The zero-order valence-electron chi connectivity index (χ0n) is 11.5. The molecule has 1 unspecified atom stereocenters. The van der Waals surface area contributed by atoms with Gasteiger partial charge in [0.25, 0.3) is 0 Å². The Hall–Kier alpha value is -1.71. The Labute approximate surface area is 132 Å². The largest absolute Gasteiger partial charge is 0.392 e. The van der Waals surface area contributed by atoms with Crippen LogP contribution in [0.15, 0.2) is 65.3 Å². The van der Waals surface area contributed by atoms with Crippen LogP contribution >= 0.6 is 15.9 Å². The van der Waals surface area contributed by atoms with Gasteiger partial charge in [-0.05, 0) is 48.2 Å². The van der Waals surface area contributed by atoms with E-state index in [1.54, 1.807) is 0 Å². The summed E-state index contributed by atoms with van der Waals surface area (Å²) in [7, 11) is 0. The number of benzene rings is 2. The molecule has 2 aromatic carbocycles. The Kier molecular flexibility index (Phi) is 4.32. The molecule has 1 aromatic heterocycles. The molecule has 0 aliphatic heterocycles. The lowest BCUT2D eigenvalue weighted by molar-refractivity contribution is 0.176. The topological polar surface area (TPSA) is 33.1 Å². The Bertz CT molecular complexity index is 734. The van der Waals surface area contributed by atoms with Crippen molar-refractivity contribution in [3.63, 3.8) is 0 Å². The molecular formula is C18H16BrNO. The van der Waals surface area contributed by atoms with Crippen molar-refractivity contribution in [2.45, 2.75) is 18.9 Å². The number of nitrogens with zero attached hydrogens (tertiary/aromatic N) is 1. The van der Waals surface area contributed by atoms with E-state index in [-0.39, 0.29) is 0 Å². The molecule has 0 spiro atoms. The lowest BCUT2D eigenvalue weighted by atomic mass is 9.99. The molecule has 3 rings (SSSR count). The molecule has 0 saturated carbocycles. The lowest BCUT2D eigenvalue weighted by Gasteiger charge is -2.12. The van der Waals surface area contributed by atoms with E-state index in [2.05, 4.69) is 27.0 Å². The Morgan fingerprint density at radius 3 is 2.52 bits per heavy atom. The Morgan fingerprint density at radius 2 is 1.71 bits per heavy atom. The average molecular weight is 342 g/mol. The minimum atomic E-state index is -0.392. The first kappa shape index (κ1) is 14.2. The molecule has 2 nitrogen and oxygen atoms in total. The predicted molar refractivity (Wildman–Crippen MR) is 89.3 cm³/mol. The second kappa shape index (κ2) is 6.37. The fourth-order valence-electron chi connectivity index (χ4n) is 2.55. The van der Waals surface area contributed by atoms with Gasteiger partial charge in [-0.1, -0.05) is 46.3 Å². The fraction of sp³-hybridized carbons (Fsp3) is 0.167. The number of aromatic nitrogens is 1. The number of rotatable bonds is 4. The first-order valence-corrected chi connectivity index (χ1v) is 7.77. The Morgan fingerprint density at radius 1 is 0.952 bits per heavy atom. The van der Waals surface area contributed by atoms with Crippen LogP contribution in [-0.2, 0) is 12.8 Å². The number of hydrogen-bond donors (Lipinski definition) is 1. The summed E-state index contributed by atoms with van der Waals surface area (Å²) in [5, 5.41) is 11.5. The van der Waals surface area contributed by atoms with Crippen molar-refractivity contribution >= 4 is 26.8 Å². The first-order valence-electron chi connectivity index (χ1n) is 6.97. The zero-order valence-corrected chi connectivity index (χ0v) is 13.1. The average Bonchev–Trinajstić information content (AvgIpc) is 2.50. The number of halogens is 1. The number of pyridine rings is 1.